The van der Waals surface area contributed by atoms with Crippen LogP contribution in [0.15, 0.2) is 48.5 Å². The Balaban J connectivity index is 1.73. The maximum absolute atomic E-state index is 13.2. The summed E-state index contributed by atoms with van der Waals surface area (Å²) in [4.78, 5) is 0. The van der Waals surface area contributed by atoms with Crippen LogP contribution in [0.4, 0.5) is 4.39 Å². The molecule has 1 fully saturated rings. The first-order chi connectivity index (χ1) is 12.2. The van der Waals surface area contributed by atoms with Crippen molar-refractivity contribution < 1.29 is 9.13 Å². The van der Waals surface area contributed by atoms with Gasteiger partial charge in [0.1, 0.15) is 11.6 Å². The standard InChI is InChI=1S/C20H26FN3O/c1-14-17(13-23-24-14)12-22-20(11-15-3-7-18(21)8-4-15)16-5-9-19(25-2)10-6-16/h3-10,14,17,20,22-24H,11-13H2,1-2H3. The van der Waals surface area contributed by atoms with E-state index in [1.54, 1.807) is 7.11 Å². The van der Waals surface area contributed by atoms with Gasteiger partial charge in [0.05, 0.1) is 7.11 Å². The lowest BCUT2D eigenvalue weighted by atomic mass is 9.97. The molecule has 2 aromatic carbocycles. The van der Waals surface area contributed by atoms with Gasteiger partial charge in [-0.1, -0.05) is 24.3 Å². The van der Waals surface area contributed by atoms with E-state index in [-0.39, 0.29) is 11.9 Å². The van der Waals surface area contributed by atoms with Crippen LogP contribution in [0.2, 0.25) is 0 Å². The highest BCUT2D eigenvalue weighted by atomic mass is 19.1. The van der Waals surface area contributed by atoms with E-state index in [0.29, 0.717) is 12.0 Å². The quantitative estimate of drug-likeness (QED) is 0.723. The number of halogens is 1. The zero-order valence-electron chi connectivity index (χ0n) is 14.8. The smallest absolute Gasteiger partial charge is 0.123 e. The summed E-state index contributed by atoms with van der Waals surface area (Å²) in [5.74, 6) is 1.19. The first-order valence-electron chi connectivity index (χ1n) is 8.76. The van der Waals surface area contributed by atoms with Gasteiger partial charge in [0.25, 0.3) is 0 Å². The number of hydrazine groups is 1. The van der Waals surface area contributed by atoms with E-state index < -0.39 is 0 Å². The molecule has 134 valence electrons. The van der Waals surface area contributed by atoms with E-state index in [1.807, 2.05) is 24.3 Å². The third-order valence-electron chi connectivity index (χ3n) is 4.90. The average molecular weight is 343 g/mol. The average Bonchev–Trinajstić information content (AvgIpc) is 3.05. The van der Waals surface area contributed by atoms with Crippen LogP contribution in [0.25, 0.3) is 0 Å². The maximum atomic E-state index is 13.2. The van der Waals surface area contributed by atoms with Crippen LogP contribution in [0.3, 0.4) is 0 Å². The Hall–Kier alpha value is -1.95. The Morgan fingerprint density at radius 3 is 2.48 bits per heavy atom. The monoisotopic (exact) mass is 343 g/mol. The minimum atomic E-state index is -0.199. The van der Waals surface area contributed by atoms with E-state index in [0.717, 1.165) is 30.8 Å². The van der Waals surface area contributed by atoms with Crippen LogP contribution >= 0.6 is 0 Å². The lowest BCUT2D eigenvalue weighted by Gasteiger charge is -2.23. The summed E-state index contributed by atoms with van der Waals surface area (Å²) >= 11 is 0. The second kappa shape index (κ2) is 8.43. The summed E-state index contributed by atoms with van der Waals surface area (Å²) in [7, 11) is 1.67. The fourth-order valence-corrected chi connectivity index (χ4v) is 3.19. The van der Waals surface area contributed by atoms with Crippen LogP contribution in [0, 0.1) is 11.7 Å². The molecule has 0 spiro atoms. The summed E-state index contributed by atoms with van der Waals surface area (Å²) in [6.45, 7) is 4.06. The number of hydrogen-bond acceptors (Lipinski definition) is 4. The van der Waals surface area contributed by atoms with Crippen LogP contribution < -0.4 is 20.9 Å². The minimum absolute atomic E-state index is 0.171. The van der Waals surface area contributed by atoms with Crippen molar-refractivity contribution in [3.8, 4) is 5.75 Å². The molecule has 2 aromatic rings. The Morgan fingerprint density at radius 1 is 1.16 bits per heavy atom. The normalized spacial score (nSPS) is 21.2. The van der Waals surface area contributed by atoms with Gasteiger partial charge in [0, 0.05) is 31.1 Å². The third-order valence-corrected chi connectivity index (χ3v) is 4.90. The van der Waals surface area contributed by atoms with E-state index in [4.69, 9.17) is 4.74 Å². The summed E-state index contributed by atoms with van der Waals surface area (Å²) in [6.07, 6.45) is 0.814. The van der Waals surface area contributed by atoms with Gasteiger partial charge < -0.3 is 10.1 Å². The van der Waals surface area contributed by atoms with Gasteiger partial charge >= 0.3 is 0 Å². The number of benzene rings is 2. The molecule has 1 saturated heterocycles. The van der Waals surface area contributed by atoms with Crippen LogP contribution in [-0.2, 0) is 6.42 Å². The van der Waals surface area contributed by atoms with Crippen LogP contribution in [0.1, 0.15) is 24.1 Å². The third kappa shape index (κ3) is 4.78. The molecule has 3 atom stereocenters. The van der Waals surface area contributed by atoms with Crippen molar-refractivity contribution in [1.82, 2.24) is 16.2 Å². The SMILES string of the molecule is COc1ccc(C(Cc2ccc(F)cc2)NCC2CNNC2C)cc1. The first-order valence-corrected chi connectivity index (χ1v) is 8.76. The van der Waals surface area contributed by atoms with Gasteiger partial charge in [-0.05, 0) is 48.7 Å². The summed E-state index contributed by atoms with van der Waals surface area (Å²) in [5, 5.41) is 3.69. The summed E-state index contributed by atoms with van der Waals surface area (Å²) in [5.41, 5.74) is 8.79. The van der Waals surface area contributed by atoms with E-state index in [1.165, 1.54) is 17.7 Å². The Morgan fingerprint density at radius 2 is 1.88 bits per heavy atom. The molecule has 1 aliphatic rings. The number of hydrogen-bond donors (Lipinski definition) is 3. The molecule has 3 rings (SSSR count). The van der Waals surface area contributed by atoms with E-state index in [2.05, 4.69) is 35.2 Å². The highest BCUT2D eigenvalue weighted by Gasteiger charge is 2.23. The molecule has 5 heteroatoms. The first kappa shape index (κ1) is 17.9. The van der Waals surface area contributed by atoms with Crippen molar-refractivity contribution >= 4 is 0 Å². The Bertz CT molecular complexity index is 660. The predicted octanol–water partition coefficient (Wildman–Crippen LogP) is 2.82. The van der Waals surface area contributed by atoms with Crippen molar-refractivity contribution in [3.05, 3.63) is 65.5 Å². The fourth-order valence-electron chi connectivity index (χ4n) is 3.19. The molecule has 25 heavy (non-hydrogen) atoms. The number of rotatable bonds is 7. The van der Waals surface area contributed by atoms with Crippen molar-refractivity contribution in [1.29, 1.82) is 0 Å². The van der Waals surface area contributed by atoms with Crippen LogP contribution in [0.5, 0.6) is 5.75 Å². The molecule has 0 amide bonds. The maximum Gasteiger partial charge on any atom is 0.123 e. The molecule has 1 aliphatic heterocycles. The molecule has 0 aromatic heterocycles. The number of ether oxygens (including phenoxy) is 1. The Kier molecular flexibility index (Phi) is 6.02. The molecule has 1 heterocycles. The van der Waals surface area contributed by atoms with Crippen LogP contribution in [-0.4, -0.2) is 26.2 Å². The molecule has 0 saturated carbocycles. The van der Waals surface area contributed by atoms with Crippen molar-refractivity contribution in [2.24, 2.45) is 5.92 Å². The highest BCUT2D eigenvalue weighted by molar-refractivity contribution is 5.30. The molecule has 0 bridgehead atoms. The fraction of sp³-hybridized carbons (Fsp3) is 0.400. The molecular weight excluding hydrogens is 317 g/mol. The second-order valence-corrected chi connectivity index (χ2v) is 6.64. The zero-order valence-corrected chi connectivity index (χ0v) is 14.8. The largest absolute Gasteiger partial charge is 0.497 e. The number of nitrogens with one attached hydrogen (secondary N) is 3. The predicted molar refractivity (Wildman–Crippen MR) is 97.9 cm³/mol. The van der Waals surface area contributed by atoms with Gasteiger partial charge in [-0.25, -0.2) is 4.39 Å². The van der Waals surface area contributed by atoms with Gasteiger partial charge in [-0.15, -0.1) is 0 Å². The van der Waals surface area contributed by atoms with Gasteiger partial charge in [0.2, 0.25) is 0 Å². The van der Waals surface area contributed by atoms with Crippen molar-refractivity contribution in [3.63, 3.8) is 0 Å². The van der Waals surface area contributed by atoms with Gasteiger partial charge in [-0.2, -0.15) is 0 Å². The second-order valence-electron chi connectivity index (χ2n) is 6.64. The molecule has 3 N–H and O–H groups in total. The molecular formula is C20H26FN3O. The lowest BCUT2D eigenvalue weighted by molar-refractivity contribution is 0.410. The van der Waals surface area contributed by atoms with Gasteiger partial charge in [-0.3, -0.25) is 10.9 Å². The topological polar surface area (TPSA) is 45.3 Å². The molecule has 3 unspecified atom stereocenters. The Labute approximate surface area is 148 Å². The van der Waals surface area contributed by atoms with E-state index >= 15 is 0 Å². The summed E-state index contributed by atoms with van der Waals surface area (Å²) < 4.78 is 18.4. The number of methoxy groups -OCH3 is 1. The van der Waals surface area contributed by atoms with Crippen molar-refractivity contribution in [2.45, 2.75) is 25.4 Å². The lowest BCUT2D eigenvalue weighted by Crippen LogP contribution is -2.34. The summed E-state index contributed by atoms with van der Waals surface area (Å²) in [6, 6.07) is 15.5. The van der Waals surface area contributed by atoms with Gasteiger partial charge in [0.15, 0.2) is 0 Å². The van der Waals surface area contributed by atoms with E-state index in [9.17, 15) is 4.39 Å². The highest BCUT2D eigenvalue weighted by Crippen LogP contribution is 2.22. The molecule has 0 radical (unpaired) electrons. The molecule has 0 aliphatic carbocycles. The zero-order chi connectivity index (χ0) is 17.6. The van der Waals surface area contributed by atoms with Crippen molar-refractivity contribution in [2.75, 3.05) is 20.2 Å². The minimum Gasteiger partial charge on any atom is -0.497 e. The molecule has 4 nitrogen and oxygen atoms in total.